The molecule has 7 rings (SSSR count). The average molecular weight is 1510 g/mol. The summed E-state index contributed by atoms with van der Waals surface area (Å²) in [6, 6.07) is 5.48. The first-order valence-corrected chi connectivity index (χ1v) is 36.3. The number of benzene rings is 3. The summed E-state index contributed by atoms with van der Waals surface area (Å²) in [4.78, 5) is 130. The first-order valence-electron chi connectivity index (χ1n) is 34.8. The van der Waals surface area contributed by atoms with Crippen LogP contribution in [-0.2, 0) is 58.8 Å². The summed E-state index contributed by atoms with van der Waals surface area (Å²) in [6.07, 6.45) is -6.92. The number of nitrogens with one attached hydrogen (secondary N) is 7. The van der Waals surface area contributed by atoms with Gasteiger partial charge in [-0.2, -0.15) is 0 Å². The fraction of sp³-hybridized carbons (Fsp3) is 0.580. The lowest BCUT2D eigenvalue weighted by atomic mass is 9.98. The highest BCUT2D eigenvalue weighted by molar-refractivity contribution is 7.90. The van der Waals surface area contributed by atoms with Gasteiger partial charge < -0.3 is 101 Å². The third-order valence-electron chi connectivity index (χ3n) is 17.6. The molecule has 3 aromatic carbocycles. The molecule has 3 fully saturated rings. The van der Waals surface area contributed by atoms with Gasteiger partial charge in [-0.1, -0.05) is 71.5 Å². The van der Waals surface area contributed by atoms with Gasteiger partial charge in [-0.3, -0.25) is 38.4 Å². The molecule has 105 heavy (non-hydrogen) atoms. The number of hydrogen-bond donors (Lipinski definition) is 15. The predicted molar refractivity (Wildman–Crippen MR) is 378 cm³/mol. The number of methoxy groups -OCH3 is 1. The van der Waals surface area contributed by atoms with Crippen molar-refractivity contribution < 1.29 is 112 Å². The molecule has 3 saturated heterocycles. The van der Waals surface area contributed by atoms with Crippen molar-refractivity contribution in [3.8, 4) is 38.4 Å². The fourth-order valence-corrected chi connectivity index (χ4v) is 13.1. The van der Waals surface area contributed by atoms with E-state index in [1.807, 2.05) is 24.3 Å². The van der Waals surface area contributed by atoms with Crippen LogP contribution in [0.2, 0.25) is 0 Å². The Hall–Kier alpha value is -8.40. The number of phenolic OH excluding ortho intramolecular Hbond substituents is 1. The molecule has 0 spiro atoms. The van der Waals surface area contributed by atoms with E-state index in [1.165, 1.54) is 36.5 Å². The minimum absolute atomic E-state index is 0.000298. The fourth-order valence-electron chi connectivity index (χ4n) is 12.0. The maximum atomic E-state index is 15.2. The standard InChI is InChI=1S/C69H97N11O23S2/c1-38-36-80-57(58(38)88)63(93)72-35-44(82)33-47(73-59(89)41-17-19-42(20-18-41)64-77-78-65(104-64)43-21-23-46(24-22-43)99-30-14-9-7-8-13-29-98-6)60(90)74-54(39(2)81)66(94)79-37-45(83)34-48(79)61(91)75-55(51(86)31-40-16-25-49(84)52(32-40)101-105-103-102-97)62(92)76-56(67(80)95)50(85)26-28-70-53(87)15-11-10-12-27-71-68(96)100-69(3,4)5/h16-25,32,38-39,44-45,47-48,50-51,54-58,81-86,88,97H,7-15,26-31,33-37H2,1-6H3,(H,70,87)(H,71,96)(H,72,93)(H,73,89)(H,74,90)(H,75,91)(H,76,92)/t38-,39+,44+,45+,47+,48+,50-,51-,54+,55+,56+,57+,58+/m1/s1. The second-order valence-corrected chi connectivity index (χ2v) is 28.5. The van der Waals surface area contributed by atoms with Crippen LogP contribution in [0.4, 0.5) is 4.79 Å². The first kappa shape index (κ1) is 83.9. The van der Waals surface area contributed by atoms with Crippen LogP contribution in [-0.4, -0.2) is 246 Å². The highest BCUT2D eigenvalue weighted by Gasteiger charge is 2.50. The number of phenols is 1. The van der Waals surface area contributed by atoms with E-state index in [2.05, 4.69) is 56.8 Å². The number of β-amino-alcohol motifs (C(OH)–C–C–N with tert-alkyl or cyclic N) is 1. The normalized spacial score (nSPS) is 23.1. The predicted octanol–water partition coefficient (Wildman–Crippen LogP) is 1.46. The molecule has 15 N–H and O–H groups in total. The molecule has 0 unspecified atom stereocenters. The van der Waals surface area contributed by atoms with Crippen molar-refractivity contribution in [3.05, 3.63) is 77.9 Å². The van der Waals surface area contributed by atoms with Crippen molar-refractivity contribution in [1.29, 1.82) is 0 Å². The molecule has 0 bridgehead atoms. The van der Waals surface area contributed by atoms with Gasteiger partial charge in [0.05, 0.1) is 43.2 Å². The van der Waals surface area contributed by atoms with Gasteiger partial charge in [-0.25, -0.2) is 10.1 Å². The molecule has 0 radical (unpaired) electrons. The number of carbonyl (C=O) groups excluding carboxylic acids is 9. The van der Waals surface area contributed by atoms with E-state index < -0.39 is 182 Å². The number of aliphatic hydroxyl groups excluding tert-OH is 6. The first-order chi connectivity index (χ1) is 50.0. The quantitative estimate of drug-likeness (QED) is 0.0147. The lowest BCUT2D eigenvalue weighted by Crippen LogP contribution is -2.64. The number of fused-ring (bicyclic) bond motifs is 2. The summed E-state index contributed by atoms with van der Waals surface area (Å²) in [7, 11) is 1.69. The monoisotopic (exact) mass is 1510 g/mol. The van der Waals surface area contributed by atoms with Gasteiger partial charge in [0, 0.05) is 94.7 Å². The number of amides is 9. The van der Waals surface area contributed by atoms with Gasteiger partial charge in [0.25, 0.3) is 18.2 Å². The molecule has 9 amide bonds. The van der Waals surface area contributed by atoms with Crippen LogP contribution < -0.4 is 46.1 Å². The number of ether oxygens (including phenoxy) is 3. The summed E-state index contributed by atoms with van der Waals surface area (Å²) in [5.41, 5.74) is 0.759. The minimum Gasteiger partial charge on any atom is -0.504 e. The van der Waals surface area contributed by atoms with Crippen LogP contribution in [0.25, 0.3) is 21.1 Å². The zero-order chi connectivity index (χ0) is 76.5. The number of aromatic nitrogens is 2. The van der Waals surface area contributed by atoms with E-state index in [1.54, 1.807) is 40.0 Å². The number of rotatable bonds is 31. The van der Waals surface area contributed by atoms with Gasteiger partial charge in [0.15, 0.2) is 11.5 Å². The summed E-state index contributed by atoms with van der Waals surface area (Å²) >= 11 is 1.35. The summed E-state index contributed by atoms with van der Waals surface area (Å²) in [6.45, 7) is 7.38. The number of aliphatic hydroxyl groups is 6. The molecule has 36 heteroatoms. The van der Waals surface area contributed by atoms with Gasteiger partial charge in [0.1, 0.15) is 57.6 Å². The Balaban J connectivity index is 1.14. The van der Waals surface area contributed by atoms with Crippen LogP contribution in [0.3, 0.4) is 0 Å². The number of unbranched alkanes of at least 4 members (excludes halogenated alkanes) is 6. The molecule has 4 heterocycles. The molecular weight excluding hydrogens is 1410 g/mol. The lowest BCUT2D eigenvalue weighted by molar-refractivity contribution is -0.433. The molecule has 4 aromatic rings. The zero-order valence-corrected chi connectivity index (χ0v) is 60.9. The Morgan fingerprint density at radius 2 is 1.35 bits per heavy atom. The second kappa shape index (κ2) is 40.9. The van der Waals surface area contributed by atoms with E-state index >= 15 is 9.59 Å². The summed E-state index contributed by atoms with van der Waals surface area (Å²) < 4.78 is 25.7. The van der Waals surface area contributed by atoms with Gasteiger partial charge in [-0.05, 0) is 114 Å². The molecule has 1 aromatic heterocycles. The van der Waals surface area contributed by atoms with E-state index in [4.69, 9.17) is 23.7 Å². The summed E-state index contributed by atoms with van der Waals surface area (Å²) in [5, 5.41) is 120. The lowest BCUT2D eigenvalue weighted by Gasteiger charge is -2.34. The van der Waals surface area contributed by atoms with Crippen LogP contribution in [0.1, 0.15) is 128 Å². The number of nitrogens with zero attached hydrogens (tertiary/aromatic N) is 4. The van der Waals surface area contributed by atoms with Crippen molar-refractivity contribution >= 4 is 77.0 Å². The summed E-state index contributed by atoms with van der Waals surface area (Å²) in [5.74, 6) is -9.52. The highest BCUT2D eigenvalue weighted by atomic mass is 32.2. The molecule has 3 aliphatic rings. The van der Waals surface area contributed by atoms with E-state index in [0.29, 0.717) is 47.2 Å². The van der Waals surface area contributed by atoms with Gasteiger partial charge in [0.2, 0.25) is 41.4 Å². The number of hydrogen-bond acceptors (Lipinski definition) is 27. The van der Waals surface area contributed by atoms with Crippen molar-refractivity contribution in [2.75, 3.05) is 53.0 Å². The van der Waals surface area contributed by atoms with E-state index in [-0.39, 0.29) is 55.3 Å². The molecular formula is C69H97N11O23S2. The van der Waals surface area contributed by atoms with Crippen molar-refractivity contribution in [2.24, 2.45) is 5.92 Å². The molecule has 34 nitrogen and oxygen atoms in total. The number of carbonyl (C=O) groups is 9. The molecule has 3 aliphatic heterocycles. The Morgan fingerprint density at radius 1 is 0.714 bits per heavy atom. The van der Waals surface area contributed by atoms with Crippen molar-refractivity contribution in [2.45, 2.75) is 197 Å². The maximum Gasteiger partial charge on any atom is 0.407 e. The maximum absolute atomic E-state index is 15.2. The molecule has 13 atom stereocenters. The molecule has 0 saturated carbocycles. The Kier molecular flexibility index (Phi) is 32.7. The van der Waals surface area contributed by atoms with E-state index in [9.17, 15) is 69.3 Å². The number of alkyl carbamates (subject to hydrolysis) is 1. The Labute approximate surface area is 615 Å². The Bertz CT molecular complexity index is 3530. The van der Waals surface area contributed by atoms with Crippen LogP contribution >= 0.6 is 23.7 Å². The second-order valence-electron chi connectivity index (χ2n) is 27.1. The van der Waals surface area contributed by atoms with Crippen molar-refractivity contribution in [1.82, 2.24) is 57.2 Å². The SMILES string of the molecule is COCCCCCCCOc1ccc(-c2nnc(-c3ccc(C(=O)N[C@H]4C[C@H](O)CNC(=O)[C@@H]5[C@@H](O)[C@H](C)CN5C(=O)[C@H]([C@H](O)CCNC(=O)CCCCCNC(=O)OC(C)(C)C)NC(=O)[C@H]([C@H](O)Cc5ccc(O)c(OSOOO)c5)NC(=O)[C@@H]5C[C@H](O)CN5C(=O)[C@H]([C@H](C)O)NC4=O)cc3)s2)cc1. The third-order valence-corrected chi connectivity index (χ3v) is 19.0. The van der Waals surface area contributed by atoms with Crippen LogP contribution in [0.15, 0.2) is 66.7 Å². The molecule has 578 valence electrons. The van der Waals surface area contributed by atoms with Crippen LogP contribution in [0, 0.1) is 5.92 Å². The smallest absolute Gasteiger partial charge is 0.407 e. The van der Waals surface area contributed by atoms with Gasteiger partial charge in [-0.15, -0.1) is 10.2 Å². The Morgan fingerprint density at radius 3 is 2.02 bits per heavy atom. The van der Waals surface area contributed by atoms with Gasteiger partial charge >= 0.3 is 6.09 Å². The number of aromatic hydroxyl groups is 1. The van der Waals surface area contributed by atoms with E-state index in [0.717, 1.165) is 73.1 Å². The third kappa shape index (κ3) is 25.4. The average Bonchev–Trinajstić information content (AvgIpc) is 1.67. The molecule has 0 aliphatic carbocycles. The topological polar surface area (TPSA) is 487 Å². The minimum atomic E-state index is -2.19. The van der Waals surface area contributed by atoms with Crippen molar-refractivity contribution in [3.63, 3.8) is 0 Å². The highest BCUT2D eigenvalue weighted by Crippen LogP contribution is 2.34. The van der Waals surface area contributed by atoms with Crippen LogP contribution in [0.5, 0.6) is 17.2 Å². The largest absolute Gasteiger partial charge is 0.504 e. The zero-order valence-electron chi connectivity index (χ0n) is 59.3.